The Morgan fingerprint density at radius 1 is 1.29 bits per heavy atom. The first kappa shape index (κ1) is 13.1. The van der Waals surface area contributed by atoms with Gasteiger partial charge in [-0.25, -0.2) is 0 Å². The van der Waals surface area contributed by atoms with Crippen LogP contribution >= 0.6 is 0 Å². The molecule has 0 bridgehead atoms. The summed E-state index contributed by atoms with van der Waals surface area (Å²) in [6.45, 7) is 8.07. The van der Waals surface area contributed by atoms with E-state index in [0.29, 0.717) is 5.69 Å². The first-order valence-electron chi connectivity index (χ1n) is 5.31. The molecule has 1 aromatic carbocycles. The van der Waals surface area contributed by atoms with E-state index in [-0.39, 0.29) is 11.1 Å². The molecule has 0 aliphatic carbocycles. The van der Waals surface area contributed by atoms with Crippen molar-refractivity contribution < 1.29 is 9.71 Å². The van der Waals surface area contributed by atoms with Crippen LogP contribution in [0.4, 0.5) is 11.4 Å². The fraction of sp³-hybridized carbons (Fsp3) is 0.417. The second kappa shape index (κ2) is 4.89. The monoisotopic (exact) mass is 234 g/mol. The SMILES string of the molecule is CC(=[N+]=Nc1ccc([N+](=O)[O-])cc1)C(C)(C)C. The third-order valence-electron chi connectivity index (χ3n) is 2.46. The number of nitro benzene ring substituents is 1. The number of benzene rings is 1. The topological polar surface area (TPSA) is 69.6 Å². The Balaban J connectivity index is 2.97. The predicted molar refractivity (Wildman–Crippen MR) is 65.6 cm³/mol. The molecule has 1 aromatic rings. The van der Waals surface area contributed by atoms with Crippen molar-refractivity contribution in [2.45, 2.75) is 27.7 Å². The van der Waals surface area contributed by atoms with Crippen LogP contribution in [0, 0.1) is 15.5 Å². The number of nitro groups is 1. The highest BCUT2D eigenvalue weighted by Gasteiger charge is 2.23. The first-order valence-corrected chi connectivity index (χ1v) is 5.31. The lowest BCUT2D eigenvalue weighted by molar-refractivity contribution is -0.384. The summed E-state index contributed by atoms with van der Waals surface area (Å²) in [7, 11) is 0. The summed E-state index contributed by atoms with van der Waals surface area (Å²) in [6.07, 6.45) is 0. The summed E-state index contributed by atoms with van der Waals surface area (Å²) in [4.78, 5) is 14.1. The summed E-state index contributed by atoms with van der Waals surface area (Å²) in [5, 5.41) is 14.5. The molecule has 0 aromatic heterocycles. The van der Waals surface area contributed by atoms with Gasteiger partial charge in [0, 0.05) is 19.1 Å². The molecule has 0 atom stereocenters. The van der Waals surface area contributed by atoms with Crippen molar-refractivity contribution in [2.24, 2.45) is 10.5 Å². The van der Waals surface area contributed by atoms with E-state index in [9.17, 15) is 10.1 Å². The quantitative estimate of drug-likeness (QED) is 0.259. The normalized spacial score (nSPS) is 10.6. The minimum absolute atomic E-state index is 0.0235. The van der Waals surface area contributed by atoms with E-state index in [2.05, 4.69) is 30.7 Å². The van der Waals surface area contributed by atoms with Gasteiger partial charge < -0.3 is 0 Å². The van der Waals surface area contributed by atoms with E-state index in [1.165, 1.54) is 12.1 Å². The van der Waals surface area contributed by atoms with Crippen molar-refractivity contribution >= 4 is 17.1 Å². The second-order valence-corrected chi connectivity index (χ2v) is 4.81. The fourth-order valence-electron chi connectivity index (χ4n) is 0.924. The molecule has 0 amide bonds. The summed E-state index contributed by atoms with van der Waals surface area (Å²) in [5.41, 5.74) is 1.56. The Kier molecular flexibility index (Phi) is 3.76. The van der Waals surface area contributed by atoms with Crippen molar-refractivity contribution in [3.63, 3.8) is 0 Å². The van der Waals surface area contributed by atoms with Gasteiger partial charge in [-0.2, -0.15) is 0 Å². The van der Waals surface area contributed by atoms with Crippen LogP contribution in [0.3, 0.4) is 0 Å². The average Bonchev–Trinajstić information content (AvgIpc) is 2.25. The Bertz CT molecular complexity index is 477. The van der Waals surface area contributed by atoms with E-state index in [1.54, 1.807) is 12.1 Å². The van der Waals surface area contributed by atoms with Gasteiger partial charge in [0.15, 0.2) is 0 Å². The predicted octanol–water partition coefficient (Wildman–Crippen LogP) is 3.39. The van der Waals surface area contributed by atoms with E-state index >= 15 is 0 Å². The van der Waals surface area contributed by atoms with Gasteiger partial charge >= 0.3 is 5.71 Å². The molecule has 0 spiro atoms. The highest BCUT2D eigenvalue weighted by atomic mass is 16.6. The lowest BCUT2D eigenvalue weighted by Gasteiger charge is -2.05. The van der Waals surface area contributed by atoms with Crippen molar-refractivity contribution in [3.8, 4) is 0 Å². The molecular weight excluding hydrogens is 218 g/mol. The van der Waals surface area contributed by atoms with Gasteiger partial charge in [-0.1, -0.05) is 0 Å². The smallest absolute Gasteiger partial charge is 0.258 e. The summed E-state index contributed by atoms with van der Waals surface area (Å²) in [6, 6.07) is 6.00. The molecule has 90 valence electrons. The highest BCUT2D eigenvalue weighted by Crippen LogP contribution is 2.18. The lowest BCUT2D eigenvalue weighted by atomic mass is 9.91. The van der Waals surface area contributed by atoms with Gasteiger partial charge in [-0.3, -0.25) is 10.1 Å². The van der Waals surface area contributed by atoms with E-state index in [4.69, 9.17) is 0 Å². The van der Waals surface area contributed by atoms with Crippen LogP contribution in [0.1, 0.15) is 27.7 Å². The molecule has 5 heteroatoms. The molecule has 0 fully saturated rings. The Morgan fingerprint density at radius 3 is 2.24 bits per heavy atom. The van der Waals surface area contributed by atoms with Crippen LogP contribution < -0.4 is 0 Å². The van der Waals surface area contributed by atoms with Crippen LogP contribution in [-0.2, 0) is 0 Å². The fourth-order valence-corrected chi connectivity index (χ4v) is 0.924. The van der Waals surface area contributed by atoms with E-state index in [1.807, 2.05) is 6.92 Å². The largest absolute Gasteiger partial charge is 0.321 e. The molecule has 1 rings (SSSR count). The van der Waals surface area contributed by atoms with Crippen molar-refractivity contribution in [2.75, 3.05) is 0 Å². The summed E-state index contributed by atoms with van der Waals surface area (Å²) < 4.78 is 0. The van der Waals surface area contributed by atoms with Crippen LogP contribution in [0.5, 0.6) is 0 Å². The van der Waals surface area contributed by atoms with E-state index < -0.39 is 4.92 Å². The standard InChI is InChI=1S/C12H16N3O2/c1-9(12(2,3)4)13-14-10-5-7-11(8-6-10)15(16)17/h5-8H,1-4H3/q+1. The lowest BCUT2D eigenvalue weighted by Crippen LogP contribution is -2.17. The molecule has 17 heavy (non-hydrogen) atoms. The first-order chi connectivity index (χ1) is 7.80. The molecule has 0 saturated heterocycles. The van der Waals surface area contributed by atoms with Crippen LogP contribution in [0.15, 0.2) is 29.4 Å². The van der Waals surface area contributed by atoms with Gasteiger partial charge in [0.1, 0.15) is 10.8 Å². The van der Waals surface area contributed by atoms with Gasteiger partial charge in [0.2, 0.25) is 0 Å². The minimum Gasteiger partial charge on any atom is -0.258 e. The van der Waals surface area contributed by atoms with Crippen LogP contribution in [-0.4, -0.2) is 15.4 Å². The molecule has 0 N–H and O–H groups in total. The second-order valence-electron chi connectivity index (χ2n) is 4.81. The van der Waals surface area contributed by atoms with Crippen molar-refractivity contribution in [1.29, 1.82) is 0 Å². The van der Waals surface area contributed by atoms with Gasteiger partial charge in [0.25, 0.3) is 5.69 Å². The molecule has 0 aliphatic heterocycles. The molecule has 5 nitrogen and oxygen atoms in total. The molecule has 0 aliphatic rings. The number of hydrogen-bond acceptors (Lipinski definition) is 3. The van der Waals surface area contributed by atoms with Gasteiger partial charge in [-0.05, 0) is 32.9 Å². The Labute approximate surface area is 100 Å². The Hall–Kier alpha value is -2.00. The maximum atomic E-state index is 10.5. The number of hydrogen-bond donors (Lipinski definition) is 0. The van der Waals surface area contributed by atoms with Crippen molar-refractivity contribution in [1.82, 2.24) is 0 Å². The number of non-ortho nitro benzene ring substituents is 1. The zero-order chi connectivity index (χ0) is 13.1. The highest BCUT2D eigenvalue weighted by molar-refractivity contribution is 5.81. The van der Waals surface area contributed by atoms with Crippen molar-refractivity contribution in [3.05, 3.63) is 34.4 Å². The molecular formula is C12H16N3O2+. The molecule has 0 saturated carbocycles. The maximum absolute atomic E-state index is 10.5. The molecule has 0 radical (unpaired) electrons. The maximum Gasteiger partial charge on any atom is 0.321 e. The number of nitrogens with zero attached hydrogens (tertiary/aromatic N) is 3. The van der Waals surface area contributed by atoms with Crippen LogP contribution in [0.25, 0.3) is 0 Å². The Morgan fingerprint density at radius 2 is 1.82 bits per heavy atom. The van der Waals surface area contributed by atoms with Crippen LogP contribution in [0.2, 0.25) is 0 Å². The third kappa shape index (κ3) is 3.81. The average molecular weight is 234 g/mol. The number of rotatable bonds is 2. The summed E-state index contributed by atoms with van der Waals surface area (Å²) in [5.74, 6) is 0. The third-order valence-corrected chi connectivity index (χ3v) is 2.46. The molecule has 0 unspecified atom stereocenters. The van der Waals surface area contributed by atoms with E-state index in [0.717, 1.165) is 5.71 Å². The van der Waals surface area contributed by atoms with Gasteiger partial charge in [-0.15, -0.1) is 0 Å². The minimum atomic E-state index is -0.437. The zero-order valence-corrected chi connectivity index (χ0v) is 10.5. The summed E-state index contributed by atoms with van der Waals surface area (Å²) >= 11 is 0. The molecule has 0 heterocycles. The van der Waals surface area contributed by atoms with Gasteiger partial charge in [0.05, 0.1) is 15.1 Å². The zero-order valence-electron chi connectivity index (χ0n) is 10.5.